The Balaban J connectivity index is 1.21. The van der Waals surface area contributed by atoms with Gasteiger partial charge in [-0.05, 0) is 66.9 Å². The monoisotopic (exact) mass is 805 g/mol. The molecule has 4 aliphatic rings. The average molecular weight is 806 g/mol. The minimum atomic E-state index is -1.02. The van der Waals surface area contributed by atoms with Crippen LogP contribution in [0, 0.1) is 34.5 Å². The maximum absolute atomic E-state index is 14.8. The number of esters is 2. The van der Waals surface area contributed by atoms with E-state index in [4.69, 9.17) is 40.5 Å². The van der Waals surface area contributed by atoms with E-state index in [9.17, 15) is 19.2 Å². The number of methoxy groups -OCH3 is 2. The molecule has 1 aliphatic heterocycles. The summed E-state index contributed by atoms with van der Waals surface area (Å²) >= 11 is 8.32. The lowest BCUT2D eigenvalue weighted by molar-refractivity contribution is -0.157. The number of halogens is 1. The van der Waals surface area contributed by atoms with Crippen LogP contribution in [-0.2, 0) is 28.7 Å². The Morgan fingerprint density at radius 1 is 1.05 bits per heavy atom. The summed E-state index contributed by atoms with van der Waals surface area (Å²) in [6, 6.07) is 4.48. The second kappa shape index (κ2) is 15.4. The van der Waals surface area contributed by atoms with Crippen molar-refractivity contribution in [2.24, 2.45) is 34.5 Å². The first kappa shape index (κ1) is 40.2. The molecule has 3 aromatic rings. The molecule has 2 aromatic heterocycles. The van der Waals surface area contributed by atoms with Crippen LogP contribution in [-0.4, -0.2) is 77.5 Å². The molecule has 3 aliphatic carbocycles. The predicted octanol–water partition coefficient (Wildman–Crippen LogP) is 8.21. The number of likely N-dealkylation sites (tertiary alicyclic amines) is 1. The van der Waals surface area contributed by atoms with E-state index in [1.165, 1.54) is 32.0 Å². The molecule has 3 saturated carbocycles. The van der Waals surface area contributed by atoms with Crippen molar-refractivity contribution in [2.45, 2.75) is 104 Å². The van der Waals surface area contributed by atoms with Gasteiger partial charge in [-0.15, -0.1) is 17.9 Å². The van der Waals surface area contributed by atoms with E-state index in [1.54, 1.807) is 17.0 Å². The highest BCUT2D eigenvalue weighted by molar-refractivity contribution is 7.13. The van der Waals surface area contributed by atoms with Gasteiger partial charge in [-0.3, -0.25) is 19.2 Å². The van der Waals surface area contributed by atoms with E-state index in [0.717, 1.165) is 18.5 Å². The second-order valence-electron chi connectivity index (χ2n) is 17.5. The first-order valence-electron chi connectivity index (χ1n) is 19.6. The van der Waals surface area contributed by atoms with Crippen molar-refractivity contribution in [1.82, 2.24) is 14.9 Å². The zero-order chi connectivity index (χ0) is 40.3. The number of amides is 1. The first-order chi connectivity index (χ1) is 26.6. The fraction of sp³-hybridized carbons (Fsp3) is 0.581. The number of pyridine rings is 1. The van der Waals surface area contributed by atoms with E-state index >= 15 is 0 Å². The van der Waals surface area contributed by atoms with Gasteiger partial charge < -0.3 is 23.8 Å². The van der Waals surface area contributed by atoms with E-state index in [1.807, 2.05) is 38.3 Å². The van der Waals surface area contributed by atoms with Gasteiger partial charge in [0.1, 0.15) is 39.4 Å². The van der Waals surface area contributed by atoms with Crippen molar-refractivity contribution in [3.05, 3.63) is 47.0 Å². The van der Waals surface area contributed by atoms with Crippen LogP contribution in [0.15, 0.2) is 36.2 Å². The molecule has 1 amide bonds. The van der Waals surface area contributed by atoms with Crippen LogP contribution in [0.4, 0.5) is 0 Å². The molecule has 8 atom stereocenters. The zero-order valence-corrected chi connectivity index (χ0v) is 34.8. The lowest BCUT2D eigenvalue weighted by Crippen LogP contribution is -2.48. The minimum Gasteiger partial charge on any atom is -0.495 e. The molecule has 300 valence electrons. The van der Waals surface area contributed by atoms with Crippen molar-refractivity contribution >= 4 is 57.5 Å². The van der Waals surface area contributed by atoms with E-state index in [2.05, 4.69) is 20.4 Å². The Bertz CT molecular complexity index is 2050. The van der Waals surface area contributed by atoms with E-state index in [0.29, 0.717) is 56.4 Å². The summed E-state index contributed by atoms with van der Waals surface area (Å²) in [4.78, 5) is 67.0. The number of ketones is 1. The Kier molecular flexibility index (Phi) is 11.0. The number of carbonyl (C=O) groups excluding carboxylic acids is 4. The van der Waals surface area contributed by atoms with Gasteiger partial charge in [0.05, 0.1) is 55.8 Å². The van der Waals surface area contributed by atoms with Crippen LogP contribution in [0.3, 0.4) is 0 Å². The molecule has 7 rings (SSSR count). The van der Waals surface area contributed by atoms with Crippen molar-refractivity contribution in [1.29, 1.82) is 0 Å². The molecule has 1 saturated heterocycles. The maximum Gasteiger partial charge on any atom is 0.312 e. The quantitative estimate of drug-likeness (QED) is 0.116. The number of fused-ring (bicyclic) bond motifs is 2. The van der Waals surface area contributed by atoms with Crippen molar-refractivity contribution in [3.63, 3.8) is 0 Å². The largest absolute Gasteiger partial charge is 0.495 e. The smallest absolute Gasteiger partial charge is 0.312 e. The molecular weight excluding hydrogens is 754 g/mol. The van der Waals surface area contributed by atoms with E-state index < -0.39 is 40.8 Å². The Labute approximate surface area is 337 Å². The number of rotatable bonds is 14. The van der Waals surface area contributed by atoms with Crippen LogP contribution in [0.1, 0.15) is 91.2 Å². The number of nitrogens with zero attached hydrogens (tertiary/aromatic N) is 3. The number of benzene rings is 1. The third kappa shape index (κ3) is 7.80. The molecule has 3 heterocycles. The Morgan fingerprint density at radius 2 is 1.79 bits per heavy atom. The van der Waals surface area contributed by atoms with Gasteiger partial charge >= 0.3 is 11.9 Å². The Morgan fingerprint density at radius 3 is 2.39 bits per heavy atom. The third-order valence-corrected chi connectivity index (χ3v) is 13.6. The van der Waals surface area contributed by atoms with Crippen LogP contribution in [0.5, 0.6) is 11.5 Å². The van der Waals surface area contributed by atoms with Crippen LogP contribution < -0.4 is 9.47 Å². The fourth-order valence-corrected chi connectivity index (χ4v) is 9.98. The predicted molar refractivity (Wildman–Crippen MR) is 214 cm³/mol. The third-order valence-electron chi connectivity index (χ3n) is 12.3. The van der Waals surface area contributed by atoms with Crippen molar-refractivity contribution < 1.29 is 38.1 Å². The molecule has 56 heavy (non-hydrogen) atoms. The van der Waals surface area contributed by atoms with Crippen LogP contribution >= 0.6 is 22.9 Å². The SMILES string of the molecule is C=C[C@@H]1C[C@]1(CC(=O)[C@@H]1C[C@@H](Oc2cc(-c3nc(C(C)C)cs3)nc3c(Cl)c(OC)ccc23)CN1C(=O)[C@@H](CC(=O)OC1C[C@@H]2C[C@@H]2C1)C(C)(C)C)C(=O)OC. The number of hydrogen-bond acceptors (Lipinski definition) is 11. The summed E-state index contributed by atoms with van der Waals surface area (Å²) in [5.74, 6) is -0.00613. The normalized spacial score (nSPS) is 27.1. The van der Waals surface area contributed by atoms with Gasteiger partial charge in [0.2, 0.25) is 5.91 Å². The number of ether oxygens (including phenoxy) is 4. The van der Waals surface area contributed by atoms with Crippen LogP contribution in [0.2, 0.25) is 5.02 Å². The number of carbonyl (C=O) groups is 4. The molecule has 1 aromatic carbocycles. The van der Waals surface area contributed by atoms with Gasteiger partial charge in [-0.25, -0.2) is 9.97 Å². The van der Waals surface area contributed by atoms with Gasteiger partial charge in [0, 0.05) is 29.7 Å². The van der Waals surface area contributed by atoms with Crippen molar-refractivity contribution in [2.75, 3.05) is 20.8 Å². The highest BCUT2D eigenvalue weighted by Crippen LogP contribution is 2.57. The summed E-state index contributed by atoms with van der Waals surface area (Å²) in [5.41, 5.74) is 0.313. The van der Waals surface area contributed by atoms with Gasteiger partial charge in [0.15, 0.2) is 5.78 Å². The number of aromatic nitrogens is 2. The summed E-state index contributed by atoms with van der Waals surface area (Å²) in [5, 5.41) is 3.65. The molecule has 0 spiro atoms. The van der Waals surface area contributed by atoms with Gasteiger partial charge in [-0.2, -0.15) is 0 Å². The maximum atomic E-state index is 14.8. The van der Waals surface area contributed by atoms with Gasteiger partial charge in [-0.1, -0.05) is 52.3 Å². The first-order valence-corrected chi connectivity index (χ1v) is 20.9. The average Bonchev–Trinajstić information content (AvgIpc) is 3.79. The van der Waals surface area contributed by atoms with E-state index in [-0.39, 0.29) is 55.4 Å². The lowest BCUT2D eigenvalue weighted by Gasteiger charge is -2.35. The summed E-state index contributed by atoms with van der Waals surface area (Å²) in [7, 11) is 2.85. The number of allylic oxidation sites excluding steroid dienone is 1. The molecule has 0 radical (unpaired) electrons. The summed E-state index contributed by atoms with van der Waals surface area (Å²) < 4.78 is 23.3. The summed E-state index contributed by atoms with van der Waals surface area (Å²) in [6.07, 6.45) is 4.31. The van der Waals surface area contributed by atoms with Crippen molar-refractivity contribution in [3.8, 4) is 22.2 Å². The molecule has 0 N–H and O–H groups in total. The molecular formula is C43H52ClN3O8S. The molecule has 0 bridgehead atoms. The molecule has 4 fully saturated rings. The second-order valence-corrected chi connectivity index (χ2v) is 18.7. The topological polar surface area (TPSA) is 134 Å². The highest BCUT2D eigenvalue weighted by atomic mass is 35.5. The number of hydrogen-bond donors (Lipinski definition) is 0. The Hall–Kier alpha value is -4.03. The standard InChI is InChI=1S/C43H52ClN3O8S/c1-9-25-18-43(25,41(51)53-8)19-33(48)32-15-27(20-47(32)40(50)29(42(4,5)6)16-36(49)55-26-13-23-12-24(23)14-26)54-35-17-30(39-46-31(21-56-39)22(2)3)45-38-28(35)10-11-34(52-7)37(38)44/h9-11,17,21-27,29,32H,1,12-16,18-20H2,2-8H3/t23-,24+,25-,26?,27-,29-,32+,43-/m1/s1. The lowest BCUT2D eigenvalue weighted by atomic mass is 9.77. The fourth-order valence-electron chi connectivity index (χ4n) is 8.76. The van der Waals surface area contributed by atoms with Crippen LogP contribution in [0.25, 0.3) is 21.6 Å². The number of thiazole rings is 1. The molecule has 13 heteroatoms. The highest BCUT2D eigenvalue weighted by Gasteiger charge is 2.61. The molecule has 1 unspecified atom stereocenters. The minimum absolute atomic E-state index is 0.0801. The molecule has 11 nitrogen and oxygen atoms in total. The van der Waals surface area contributed by atoms with Gasteiger partial charge in [0.25, 0.3) is 0 Å². The summed E-state index contributed by atoms with van der Waals surface area (Å²) in [6.45, 7) is 13.9. The zero-order valence-electron chi connectivity index (χ0n) is 33.3. The number of Topliss-reactive ketones (excluding diaryl/α,β-unsaturated/α-hetero) is 1.